The molecule has 3 atom stereocenters. The summed E-state index contributed by atoms with van der Waals surface area (Å²) in [6, 6.07) is 11.8. The number of aromatic nitrogens is 3. The third-order valence-corrected chi connectivity index (χ3v) is 7.56. The molecular formula is C24H23N7O3S. The number of urea groups is 1. The van der Waals surface area contributed by atoms with E-state index in [-0.39, 0.29) is 18.0 Å². The number of anilines is 2. The van der Waals surface area contributed by atoms with Crippen molar-refractivity contribution in [3.63, 3.8) is 0 Å². The Morgan fingerprint density at radius 1 is 1.17 bits per heavy atom. The van der Waals surface area contributed by atoms with Gasteiger partial charge in [0.15, 0.2) is 0 Å². The number of ether oxygens (including phenoxy) is 1. The second-order valence-corrected chi connectivity index (χ2v) is 9.69. The molecule has 3 aliphatic heterocycles. The summed E-state index contributed by atoms with van der Waals surface area (Å²) in [6.07, 6.45) is 5.24. The summed E-state index contributed by atoms with van der Waals surface area (Å²) in [7, 11) is 0. The van der Waals surface area contributed by atoms with Crippen molar-refractivity contribution >= 4 is 35.1 Å². The lowest BCUT2D eigenvalue weighted by Crippen LogP contribution is -2.52. The molecule has 0 aliphatic carbocycles. The zero-order valence-corrected chi connectivity index (χ0v) is 19.5. The molecule has 10 nitrogen and oxygen atoms in total. The number of rotatable bonds is 5. The normalized spacial score (nSPS) is 22.8. The lowest BCUT2D eigenvalue weighted by atomic mass is 9.99. The molecule has 3 aromatic rings. The van der Waals surface area contributed by atoms with Crippen LogP contribution in [-0.2, 0) is 4.79 Å². The highest BCUT2D eigenvalue weighted by Crippen LogP contribution is 2.50. The molecule has 2 aromatic heterocycles. The van der Waals surface area contributed by atoms with Gasteiger partial charge in [-0.3, -0.25) is 9.69 Å². The van der Waals surface area contributed by atoms with Gasteiger partial charge in [0, 0.05) is 36.6 Å². The van der Waals surface area contributed by atoms with E-state index in [1.807, 2.05) is 6.07 Å². The topological polar surface area (TPSA) is 121 Å². The molecule has 178 valence electrons. The fraction of sp³-hybridized carbons (Fsp3) is 0.292. The molecule has 11 heteroatoms. The van der Waals surface area contributed by atoms with E-state index in [1.165, 1.54) is 11.8 Å². The van der Waals surface area contributed by atoms with Crippen LogP contribution in [0.3, 0.4) is 0 Å². The van der Waals surface area contributed by atoms with Gasteiger partial charge in [-0.1, -0.05) is 11.8 Å². The first-order chi connectivity index (χ1) is 17.2. The summed E-state index contributed by atoms with van der Waals surface area (Å²) in [5, 5.41) is 17.5. The fourth-order valence-electron chi connectivity index (χ4n) is 4.67. The van der Waals surface area contributed by atoms with Gasteiger partial charge < -0.3 is 20.7 Å². The van der Waals surface area contributed by atoms with Gasteiger partial charge in [0.1, 0.15) is 16.0 Å². The lowest BCUT2D eigenvalue weighted by molar-refractivity contribution is -0.121. The zero-order chi connectivity index (χ0) is 23.8. The van der Waals surface area contributed by atoms with E-state index >= 15 is 0 Å². The van der Waals surface area contributed by atoms with E-state index < -0.39 is 11.3 Å². The largest absolute Gasteiger partial charge is 0.438 e. The Hall–Kier alpha value is -3.70. The summed E-state index contributed by atoms with van der Waals surface area (Å²) in [6.45, 7) is 1.74. The lowest BCUT2D eigenvalue weighted by Gasteiger charge is -2.34. The minimum Gasteiger partial charge on any atom is -0.438 e. The average Bonchev–Trinajstić information content (AvgIpc) is 3.26. The van der Waals surface area contributed by atoms with Crippen molar-refractivity contribution in [2.75, 3.05) is 18.0 Å². The molecule has 2 unspecified atom stereocenters. The van der Waals surface area contributed by atoms with Crippen molar-refractivity contribution in [1.82, 2.24) is 31.1 Å². The van der Waals surface area contributed by atoms with E-state index in [4.69, 9.17) is 4.74 Å². The standard InChI is InChI=1S/C24H23N7O3S/c32-22(28-14-3-1-10-25-13-14)21-20-19-17(9-12-26-23(19)35-21)31(24(33)29-20)15-5-7-16(8-6-15)34-18-4-2-11-27-30-18/h2,4-9,11-12,14,20-21,25H,1,3,10,13H2,(H,28,32)(H,29,33)/t14?,20?,21-/m1/s1. The van der Waals surface area contributed by atoms with Crippen molar-refractivity contribution in [1.29, 1.82) is 0 Å². The van der Waals surface area contributed by atoms with Gasteiger partial charge in [0.2, 0.25) is 11.8 Å². The number of carbonyl (C=O) groups is 2. The number of hydrogen-bond acceptors (Lipinski definition) is 8. The number of amides is 3. The van der Waals surface area contributed by atoms with Crippen LogP contribution in [0.1, 0.15) is 24.4 Å². The highest BCUT2D eigenvalue weighted by Gasteiger charge is 2.46. The number of hydrogen-bond donors (Lipinski definition) is 3. The van der Waals surface area contributed by atoms with Gasteiger partial charge in [-0.2, -0.15) is 5.10 Å². The van der Waals surface area contributed by atoms with E-state index in [2.05, 4.69) is 31.1 Å². The predicted octanol–water partition coefficient (Wildman–Crippen LogP) is 2.91. The molecule has 3 amide bonds. The Kier molecular flexibility index (Phi) is 5.71. The van der Waals surface area contributed by atoms with Gasteiger partial charge in [-0.15, -0.1) is 5.10 Å². The van der Waals surface area contributed by atoms with Gasteiger partial charge in [0.25, 0.3) is 0 Å². The number of piperidine rings is 1. The van der Waals surface area contributed by atoms with Crippen LogP contribution >= 0.6 is 11.8 Å². The van der Waals surface area contributed by atoms with Crippen molar-refractivity contribution in [2.24, 2.45) is 0 Å². The van der Waals surface area contributed by atoms with Crippen LogP contribution < -0.4 is 25.6 Å². The molecule has 5 heterocycles. The highest BCUT2D eigenvalue weighted by atomic mass is 32.2. The molecule has 35 heavy (non-hydrogen) atoms. The monoisotopic (exact) mass is 489 g/mol. The summed E-state index contributed by atoms with van der Waals surface area (Å²) in [5.41, 5.74) is 2.28. The Bertz CT molecular complexity index is 1250. The van der Waals surface area contributed by atoms with E-state index in [1.54, 1.807) is 53.7 Å². The molecule has 0 saturated carbocycles. The Morgan fingerprint density at radius 2 is 2.06 bits per heavy atom. The van der Waals surface area contributed by atoms with Gasteiger partial charge in [0.05, 0.1) is 17.4 Å². The molecule has 1 fully saturated rings. The average molecular weight is 490 g/mol. The number of benzene rings is 1. The first-order valence-corrected chi connectivity index (χ1v) is 12.4. The maximum Gasteiger partial charge on any atom is 0.327 e. The van der Waals surface area contributed by atoms with Crippen molar-refractivity contribution < 1.29 is 14.3 Å². The first-order valence-electron chi connectivity index (χ1n) is 11.5. The van der Waals surface area contributed by atoms with Crippen molar-refractivity contribution in [3.05, 3.63) is 60.4 Å². The summed E-state index contributed by atoms with van der Waals surface area (Å²) in [5.74, 6) is 0.891. The van der Waals surface area contributed by atoms with Crippen LogP contribution in [0.4, 0.5) is 16.2 Å². The molecular weight excluding hydrogens is 466 g/mol. The third kappa shape index (κ3) is 4.17. The number of carbonyl (C=O) groups excluding carboxylic acids is 2. The van der Waals surface area contributed by atoms with E-state index in [0.29, 0.717) is 17.3 Å². The highest BCUT2D eigenvalue weighted by molar-refractivity contribution is 8.01. The van der Waals surface area contributed by atoms with Crippen LogP contribution in [0.5, 0.6) is 11.6 Å². The van der Waals surface area contributed by atoms with Crippen LogP contribution in [0.2, 0.25) is 0 Å². The minimum atomic E-state index is -0.463. The van der Waals surface area contributed by atoms with Gasteiger partial charge in [-0.05, 0) is 55.8 Å². The molecule has 0 bridgehead atoms. The van der Waals surface area contributed by atoms with Gasteiger partial charge in [-0.25, -0.2) is 9.78 Å². The maximum absolute atomic E-state index is 13.3. The summed E-state index contributed by atoms with van der Waals surface area (Å²) >= 11 is 1.40. The van der Waals surface area contributed by atoms with E-state index in [9.17, 15) is 9.59 Å². The number of thioether (sulfide) groups is 1. The number of nitrogens with one attached hydrogen (secondary N) is 3. The molecule has 1 aromatic carbocycles. The summed E-state index contributed by atoms with van der Waals surface area (Å²) in [4.78, 5) is 32.5. The number of pyridine rings is 1. The molecule has 3 aliphatic rings. The first kappa shape index (κ1) is 21.8. The van der Waals surface area contributed by atoms with Crippen molar-refractivity contribution in [3.8, 4) is 11.6 Å². The Balaban J connectivity index is 1.24. The van der Waals surface area contributed by atoms with E-state index in [0.717, 1.165) is 42.2 Å². The SMILES string of the molecule is O=C(NC1CCCNC1)[C@@H]1Sc2nccc3c2C1NC(=O)N3c1ccc(Oc2cccnn2)cc1. The van der Waals surface area contributed by atoms with Crippen LogP contribution in [0, 0.1) is 0 Å². The predicted molar refractivity (Wildman–Crippen MR) is 130 cm³/mol. The zero-order valence-electron chi connectivity index (χ0n) is 18.7. The van der Waals surface area contributed by atoms with Crippen molar-refractivity contribution in [2.45, 2.75) is 35.2 Å². The smallest absolute Gasteiger partial charge is 0.327 e. The second-order valence-electron chi connectivity index (χ2n) is 8.56. The number of nitrogens with zero attached hydrogens (tertiary/aromatic N) is 4. The Labute approximate surface area is 205 Å². The summed E-state index contributed by atoms with van der Waals surface area (Å²) < 4.78 is 5.71. The van der Waals surface area contributed by atoms with Crippen LogP contribution in [0.25, 0.3) is 0 Å². The second kappa shape index (κ2) is 9.16. The molecule has 6 rings (SSSR count). The molecule has 1 saturated heterocycles. The fourth-order valence-corrected chi connectivity index (χ4v) is 5.90. The molecule has 0 radical (unpaired) electrons. The Morgan fingerprint density at radius 3 is 2.83 bits per heavy atom. The van der Waals surface area contributed by atoms with Gasteiger partial charge >= 0.3 is 6.03 Å². The molecule has 3 N–H and O–H groups in total. The quantitative estimate of drug-likeness (QED) is 0.500. The van der Waals surface area contributed by atoms with Crippen LogP contribution in [-0.4, -0.2) is 51.5 Å². The molecule has 0 spiro atoms. The minimum absolute atomic E-state index is 0.0723. The third-order valence-electron chi connectivity index (χ3n) is 6.27. The van der Waals surface area contributed by atoms with Crippen LogP contribution in [0.15, 0.2) is 59.9 Å². The maximum atomic E-state index is 13.3.